The summed E-state index contributed by atoms with van der Waals surface area (Å²) in [5, 5.41) is 0. The van der Waals surface area contributed by atoms with E-state index in [0.29, 0.717) is 25.5 Å². The zero-order valence-electron chi connectivity index (χ0n) is 10.6. The number of fused-ring (bicyclic) bond motifs is 1. The number of nitrogen functional groups attached to an aromatic ring is 1. The van der Waals surface area contributed by atoms with Gasteiger partial charge in [-0.15, -0.1) is 0 Å². The van der Waals surface area contributed by atoms with E-state index in [1.165, 1.54) is 0 Å². The molecular weight excluding hydrogens is 230 g/mol. The van der Waals surface area contributed by atoms with Gasteiger partial charge in [-0.3, -0.25) is 4.79 Å². The summed E-state index contributed by atoms with van der Waals surface area (Å²) in [6.45, 7) is 4.70. The van der Waals surface area contributed by atoms with Gasteiger partial charge in [0.2, 0.25) is 5.95 Å². The van der Waals surface area contributed by atoms with Crippen LogP contribution in [-0.4, -0.2) is 22.1 Å². The highest BCUT2D eigenvalue weighted by Gasteiger charge is 2.10. The van der Waals surface area contributed by atoms with E-state index in [2.05, 4.69) is 4.98 Å². The Bertz CT molecular complexity index is 575. The van der Waals surface area contributed by atoms with Crippen molar-refractivity contribution >= 4 is 23.0 Å². The van der Waals surface area contributed by atoms with Crippen LogP contribution in [0.2, 0.25) is 0 Å². The topological polar surface area (TPSA) is 70.1 Å². The molecule has 0 spiro atoms. The first-order valence-electron chi connectivity index (χ1n) is 5.99. The predicted molar refractivity (Wildman–Crippen MR) is 70.1 cm³/mol. The molecule has 0 radical (unpaired) electrons. The highest BCUT2D eigenvalue weighted by atomic mass is 16.5. The first-order valence-corrected chi connectivity index (χ1v) is 5.99. The second-order valence-corrected chi connectivity index (χ2v) is 4.17. The van der Waals surface area contributed by atoms with Crippen molar-refractivity contribution in [1.29, 1.82) is 0 Å². The van der Waals surface area contributed by atoms with Gasteiger partial charge in [0.1, 0.15) is 0 Å². The molecule has 1 heterocycles. The second kappa shape index (κ2) is 5.08. The number of anilines is 1. The molecule has 2 rings (SSSR count). The maximum atomic E-state index is 11.4. The molecule has 5 heteroatoms. The lowest BCUT2D eigenvalue weighted by atomic mass is 10.2. The van der Waals surface area contributed by atoms with Gasteiger partial charge in [0.05, 0.1) is 24.1 Å². The van der Waals surface area contributed by atoms with E-state index in [9.17, 15) is 4.79 Å². The Morgan fingerprint density at radius 1 is 1.50 bits per heavy atom. The molecule has 0 bridgehead atoms. The van der Waals surface area contributed by atoms with E-state index in [1.54, 1.807) is 6.92 Å². The lowest BCUT2D eigenvalue weighted by molar-refractivity contribution is -0.143. The average molecular weight is 247 g/mol. The van der Waals surface area contributed by atoms with Crippen molar-refractivity contribution in [2.45, 2.75) is 26.8 Å². The number of aryl methyl sites for hydroxylation is 2. The number of benzene rings is 1. The van der Waals surface area contributed by atoms with Crippen LogP contribution >= 0.6 is 0 Å². The van der Waals surface area contributed by atoms with Crippen molar-refractivity contribution in [2.24, 2.45) is 0 Å². The number of rotatable bonds is 4. The Kier molecular flexibility index (Phi) is 3.50. The average Bonchev–Trinajstić information content (AvgIpc) is 2.62. The number of esters is 1. The predicted octanol–water partition coefficient (Wildman–Crippen LogP) is 1.88. The molecule has 2 N–H and O–H groups in total. The number of aromatic nitrogens is 2. The standard InChI is InChI=1S/C13H17N3O2/c1-3-18-12(17)6-7-16-11-8-9(2)4-5-10(11)15-13(16)14/h4-5,8H,3,6-7H2,1-2H3,(H2,14,15). The minimum absolute atomic E-state index is 0.216. The number of imidazole rings is 1. The zero-order chi connectivity index (χ0) is 13.1. The van der Waals surface area contributed by atoms with Crippen LogP contribution in [0.5, 0.6) is 0 Å². The molecule has 0 fully saturated rings. The fourth-order valence-corrected chi connectivity index (χ4v) is 1.92. The van der Waals surface area contributed by atoms with Crippen LogP contribution in [0, 0.1) is 6.92 Å². The molecule has 2 aromatic rings. The van der Waals surface area contributed by atoms with Crippen LogP contribution in [0.15, 0.2) is 18.2 Å². The highest BCUT2D eigenvalue weighted by Crippen LogP contribution is 2.19. The maximum Gasteiger partial charge on any atom is 0.307 e. The van der Waals surface area contributed by atoms with Gasteiger partial charge < -0.3 is 15.0 Å². The summed E-state index contributed by atoms with van der Waals surface area (Å²) in [5.41, 5.74) is 8.81. The molecule has 5 nitrogen and oxygen atoms in total. The van der Waals surface area contributed by atoms with E-state index < -0.39 is 0 Å². The summed E-state index contributed by atoms with van der Waals surface area (Å²) in [6.07, 6.45) is 0.303. The number of hydrogen-bond donors (Lipinski definition) is 1. The Balaban J connectivity index is 2.24. The minimum atomic E-state index is -0.216. The first-order chi connectivity index (χ1) is 8.61. The summed E-state index contributed by atoms with van der Waals surface area (Å²) in [7, 11) is 0. The Labute approximate surface area is 106 Å². The Hall–Kier alpha value is -2.04. The summed E-state index contributed by atoms with van der Waals surface area (Å²) in [4.78, 5) is 15.6. The van der Waals surface area contributed by atoms with E-state index in [0.717, 1.165) is 16.6 Å². The summed E-state index contributed by atoms with van der Waals surface area (Å²) < 4.78 is 6.75. The molecule has 96 valence electrons. The number of nitrogens with zero attached hydrogens (tertiary/aromatic N) is 2. The third kappa shape index (κ3) is 2.45. The largest absolute Gasteiger partial charge is 0.466 e. The van der Waals surface area contributed by atoms with Crippen molar-refractivity contribution in [3.63, 3.8) is 0 Å². The van der Waals surface area contributed by atoms with Crippen LogP contribution in [-0.2, 0) is 16.1 Å². The SMILES string of the molecule is CCOC(=O)CCn1c(N)nc2ccc(C)cc21. The normalized spacial score (nSPS) is 10.8. The fourth-order valence-electron chi connectivity index (χ4n) is 1.92. The Morgan fingerprint density at radius 2 is 2.28 bits per heavy atom. The van der Waals surface area contributed by atoms with Crippen molar-refractivity contribution in [1.82, 2.24) is 9.55 Å². The van der Waals surface area contributed by atoms with Gasteiger partial charge in [0.25, 0.3) is 0 Å². The first kappa shape index (κ1) is 12.4. The fraction of sp³-hybridized carbons (Fsp3) is 0.385. The number of carbonyl (C=O) groups excluding carboxylic acids is 1. The van der Waals surface area contributed by atoms with Gasteiger partial charge in [-0.05, 0) is 31.5 Å². The van der Waals surface area contributed by atoms with E-state index in [-0.39, 0.29) is 5.97 Å². The molecule has 0 aliphatic rings. The molecule has 0 aliphatic carbocycles. The quantitative estimate of drug-likeness (QED) is 0.837. The molecule has 0 atom stereocenters. The maximum absolute atomic E-state index is 11.4. The molecule has 0 aliphatic heterocycles. The van der Waals surface area contributed by atoms with E-state index >= 15 is 0 Å². The highest BCUT2D eigenvalue weighted by molar-refractivity contribution is 5.79. The molecule has 0 amide bonds. The van der Waals surface area contributed by atoms with Gasteiger partial charge in [-0.2, -0.15) is 0 Å². The van der Waals surface area contributed by atoms with E-state index in [4.69, 9.17) is 10.5 Å². The van der Waals surface area contributed by atoms with Crippen LogP contribution in [0.3, 0.4) is 0 Å². The summed E-state index contributed by atoms with van der Waals surface area (Å²) >= 11 is 0. The summed E-state index contributed by atoms with van der Waals surface area (Å²) in [5.74, 6) is 0.214. The van der Waals surface area contributed by atoms with Gasteiger partial charge in [0, 0.05) is 6.54 Å². The minimum Gasteiger partial charge on any atom is -0.466 e. The molecule has 1 aromatic heterocycles. The zero-order valence-corrected chi connectivity index (χ0v) is 10.6. The lowest BCUT2D eigenvalue weighted by Crippen LogP contribution is -2.10. The molecular formula is C13H17N3O2. The van der Waals surface area contributed by atoms with Crippen molar-refractivity contribution in [2.75, 3.05) is 12.3 Å². The van der Waals surface area contributed by atoms with Gasteiger partial charge in [-0.25, -0.2) is 4.98 Å². The van der Waals surface area contributed by atoms with Crippen LogP contribution < -0.4 is 5.73 Å². The molecule has 0 saturated carbocycles. The lowest BCUT2D eigenvalue weighted by Gasteiger charge is -2.06. The van der Waals surface area contributed by atoms with Crippen molar-refractivity contribution in [3.8, 4) is 0 Å². The molecule has 0 unspecified atom stereocenters. The Morgan fingerprint density at radius 3 is 3.00 bits per heavy atom. The van der Waals surface area contributed by atoms with E-state index in [1.807, 2.05) is 29.7 Å². The van der Waals surface area contributed by atoms with Gasteiger partial charge in [-0.1, -0.05) is 6.07 Å². The third-order valence-electron chi connectivity index (χ3n) is 2.78. The number of hydrogen-bond acceptors (Lipinski definition) is 4. The number of nitrogens with two attached hydrogens (primary N) is 1. The monoisotopic (exact) mass is 247 g/mol. The molecule has 0 saturated heterocycles. The molecule has 18 heavy (non-hydrogen) atoms. The van der Waals surface area contributed by atoms with Crippen LogP contribution in [0.1, 0.15) is 18.9 Å². The second-order valence-electron chi connectivity index (χ2n) is 4.17. The van der Waals surface area contributed by atoms with Crippen LogP contribution in [0.4, 0.5) is 5.95 Å². The smallest absolute Gasteiger partial charge is 0.307 e. The van der Waals surface area contributed by atoms with Crippen molar-refractivity contribution < 1.29 is 9.53 Å². The summed E-state index contributed by atoms with van der Waals surface area (Å²) in [6, 6.07) is 5.94. The number of ether oxygens (including phenoxy) is 1. The van der Waals surface area contributed by atoms with Crippen LogP contribution in [0.25, 0.3) is 11.0 Å². The molecule has 1 aromatic carbocycles. The third-order valence-corrected chi connectivity index (χ3v) is 2.78. The van der Waals surface area contributed by atoms with Gasteiger partial charge >= 0.3 is 5.97 Å². The van der Waals surface area contributed by atoms with Crippen molar-refractivity contribution in [3.05, 3.63) is 23.8 Å². The number of carbonyl (C=O) groups is 1. The van der Waals surface area contributed by atoms with Gasteiger partial charge in [0.15, 0.2) is 0 Å².